The van der Waals surface area contributed by atoms with Crippen molar-refractivity contribution in [3.05, 3.63) is 22.7 Å². The normalized spacial score (nSPS) is 19.8. The van der Waals surface area contributed by atoms with Crippen LogP contribution in [-0.4, -0.2) is 35.2 Å². The molecule has 0 radical (unpaired) electrons. The van der Waals surface area contributed by atoms with E-state index in [4.69, 9.17) is 0 Å². The zero-order chi connectivity index (χ0) is 15.5. The van der Waals surface area contributed by atoms with Crippen LogP contribution in [0.1, 0.15) is 47.0 Å². The van der Waals surface area contributed by atoms with Crippen LogP contribution in [0.5, 0.6) is 0 Å². The van der Waals surface area contributed by atoms with Gasteiger partial charge < -0.3 is 14.8 Å². The van der Waals surface area contributed by atoms with Crippen molar-refractivity contribution in [2.24, 2.45) is 0 Å². The van der Waals surface area contributed by atoms with Crippen molar-refractivity contribution >= 4 is 5.82 Å². The quantitative estimate of drug-likeness (QED) is 0.922. The van der Waals surface area contributed by atoms with E-state index < -0.39 is 0 Å². The summed E-state index contributed by atoms with van der Waals surface area (Å²) in [6.45, 7) is 11.1. The first-order chi connectivity index (χ1) is 9.93. The van der Waals surface area contributed by atoms with E-state index >= 15 is 0 Å². The largest absolute Gasteiger partial charge is 0.350 e. The number of hydrogen-bond acceptors (Lipinski definition) is 4. The molecule has 0 aromatic carbocycles. The van der Waals surface area contributed by atoms with Crippen molar-refractivity contribution in [2.75, 3.05) is 24.5 Å². The minimum atomic E-state index is -0.218. The Kier molecular flexibility index (Phi) is 5.04. The molecule has 1 fully saturated rings. The van der Waals surface area contributed by atoms with Crippen molar-refractivity contribution in [3.63, 3.8) is 0 Å². The van der Waals surface area contributed by atoms with Crippen molar-refractivity contribution in [1.29, 1.82) is 0 Å². The molecule has 21 heavy (non-hydrogen) atoms. The molecule has 1 aromatic rings. The van der Waals surface area contributed by atoms with Crippen LogP contribution in [0.4, 0.5) is 5.82 Å². The van der Waals surface area contributed by atoms with Gasteiger partial charge in [-0.15, -0.1) is 0 Å². The van der Waals surface area contributed by atoms with Gasteiger partial charge in [0, 0.05) is 37.1 Å². The number of nitrogens with one attached hydrogen (secondary N) is 1. The van der Waals surface area contributed by atoms with Gasteiger partial charge in [0.15, 0.2) is 5.82 Å². The van der Waals surface area contributed by atoms with Gasteiger partial charge in [0.2, 0.25) is 0 Å². The van der Waals surface area contributed by atoms with Gasteiger partial charge in [-0.3, -0.25) is 4.79 Å². The standard InChI is InChI=1S/C16H28N4O/c1-5-8-17-13-7-6-10-19(12-13)14-15(21)20(11-9-18-14)16(2,3)4/h9,11,13,17H,5-8,10,12H2,1-4H3. The van der Waals surface area contributed by atoms with Gasteiger partial charge in [-0.25, -0.2) is 4.98 Å². The number of rotatable bonds is 4. The summed E-state index contributed by atoms with van der Waals surface area (Å²) in [7, 11) is 0. The van der Waals surface area contributed by atoms with Crippen LogP contribution < -0.4 is 15.8 Å². The van der Waals surface area contributed by atoms with Crippen LogP contribution in [0.25, 0.3) is 0 Å². The molecule has 0 saturated carbocycles. The lowest BCUT2D eigenvalue weighted by molar-refractivity contribution is 0.379. The maximum Gasteiger partial charge on any atom is 0.293 e. The van der Waals surface area contributed by atoms with Crippen LogP contribution in [0.15, 0.2) is 17.2 Å². The molecule has 1 saturated heterocycles. The molecule has 5 heteroatoms. The highest BCUT2D eigenvalue weighted by Crippen LogP contribution is 2.17. The summed E-state index contributed by atoms with van der Waals surface area (Å²) in [6, 6.07) is 0.461. The van der Waals surface area contributed by atoms with Crippen molar-refractivity contribution < 1.29 is 0 Å². The minimum absolute atomic E-state index is 0.0149. The second kappa shape index (κ2) is 6.60. The Bertz CT molecular complexity index is 518. The summed E-state index contributed by atoms with van der Waals surface area (Å²) < 4.78 is 1.78. The Morgan fingerprint density at radius 3 is 2.86 bits per heavy atom. The molecule has 0 aliphatic carbocycles. The van der Waals surface area contributed by atoms with E-state index in [1.165, 1.54) is 6.42 Å². The third-order valence-corrected chi connectivity index (χ3v) is 3.95. The fraction of sp³-hybridized carbons (Fsp3) is 0.750. The Morgan fingerprint density at radius 2 is 2.19 bits per heavy atom. The third kappa shape index (κ3) is 3.84. The maximum absolute atomic E-state index is 12.7. The molecule has 1 aromatic heterocycles. The molecule has 2 heterocycles. The van der Waals surface area contributed by atoms with Gasteiger partial charge in [-0.05, 0) is 46.6 Å². The van der Waals surface area contributed by atoms with E-state index in [9.17, 15) is 4.79 Å². The average Bonchev–Trinajstić information content (AvgIpc) is 2.44. The van der Waals surface area contributed by atoms with E-state index in [-0.39, 0.29) is 11.1 Å². The van der Waals surface area contributed by atoms with Crippen LogP contribution in [0, 0.1) is 0 Å². The zero-order valence-corrected chi connectivity index (χ0v) is 13.7. The maximum atomic E-state index is 12.7. The first-order valence-electron chi connectivity index (χ1n) is 8.00. The summed E-state index contributed by atoms with van der Waals surface area (Å²) >= 11 is 0. The third-order valence-electron chi connectivity index (χ3n) is 3.95. The van der Waals surface area contributed by atoms with Gasteiger partial charge in [0.05, 0.1) is 0 Å². The molecule has 1 atom stereocenters. The lowest BCUT2D eigenvalue weighted by Gasteiger charge is -2.34. The van der Waals surface area contributed by atoms with E-state index in [0.29, 0.717) is 11.9 Å². The molecule has 0 amide bonds. The van der Waals surface area contributed by atoms with Crippen LogP contribution in [-0.2, 0) is 5.54 Å². The second-order valence-electron chi connectivity index (χ2n) is 6.84. The van der Waals surface area contributed by atoms with Gasteiger partial charge in [0.25, 0.3) is 5.56 Å². The van der Waals surface area contributed by atoms with Gasteiger partial charge >= 0.3 is 0 Å². The summed E-state index contributed by atoms with van der Waals surface area (Å²) in [5, 5.41) is 3.56. The van der Waals surface area contributed by atoms with Gasteiger partial charge in [-0.2, -0.15) is 0 Å². The monoisotopic (exact) mass is 292 g/mol. The van der Waals surface area contributed by atoms with E-state index in [1.54, 1.807) is 17.0 Å². The smallest absolute Gasteiger partial charge is 0.293 e. The molecule has 5 nitrogen and oxygen atoms in total. The summed E-state index contributed by atoms with van der Waals surface area (Å²) in [4.78, 5) is 19.2. The number of piperidine rings is 1. The molecular weight excluding hydrogens is 264 g/mol. The van der Waals surface area contributed by atoms with Crippen LogP contribution in [0.2, 0.25) is 0 Å². The van der Waals surface area contributed by atoms with Crippen molar-refractivity contribution in [3.8, 4) is 0 Å². The minimum Gasteiger partial charge on any atom is -0.350 e. The van der Waals surface area contributed by atoms with Gasteiger partial charge in [0.1, 0.15) is 0 Å². The number of hydrogen-bond donors (Lipinski definition) is 1. The fourth-order valence-corrected chi connectivity index (χ4v) is 2.83. The summed E-state index contributed by atoms with van der Waals surface area (Å²) in [5.74, 6) is 0.593. The number of aromatic nitrogens is 2. The molecule has 0 bridgehead atoms. The van der Waals surface area contributed by atoms with Crippen LogP contribution in [0.3, 0.4) is 0 Å². The zero-order valence-electron chi connectivity index (χ0n) is 13.7. The molecular formula is C16H28N4O. The highest BCUT2D eigenvalue weighted by molar-refractivity contribution is 5.37. The lowest BCUT2D eigenvalue weighted by Crippen LogP contribution is -2.48. The Balaban J connectivity index is 2.20. The SMILES string of the molecule is CCCNC1CCCN(c2nccn(C(C)(C)C)c2=O)C1. The van der Waals surface area contributed by atoms with E-state index in [0.717, 1.165) is 32.5 Å². The molecule has 1 aliphatic rings. The van der Waals surface area contributed by atoms with Gasteiger partial charge in [-0.1, -0.05) is 6.92 Å². The first kappa shape index (κ1) is 16.0. The first-order valence-corrected chi connectivity index (χ1v) is 8.00. The van der Waals surface area contributed by atoms with E-state index in [2.05, 4.69) is 22.1 Å². The van der Waals surface area contributed by atoms with Crippen molar-refractivity contribution in [1.82, 2.24) is 14.9 Å². The summed E-state index contributed by atoms with van der Waals surface area (Å²) in [5.41, 5.74) is -0.203. The van der Waals surface area contributed by atoms with Crippen LogP contribution >= 0.6 is 0 Å². The molecule has 1 unspecified atom stereocenters. The average molecular weight is 292 g/mol. The van der Waals surface area contributed by atoms with Crippen molar-refractivity contribution in [2.45, 2.75) is 58.5 Å². The fourth-order valence-electron chi connectivity index (χ4n) is 2.83. The molecule has 1 N–H and O–H groups in total. The predicted molar refractivity (Wildman–Crippen MR) is 87.0 cm³/mol. The molecule has 2 rings (SSSR count). The predicted octanol–water partition coefficient (Wildman–Crippen LogP) is 1.97. The number of nitrogens with zero attached hydrogens (tertiary/aromatic N) is 3. The second-order valence-corrected chi connectivity index (χ2v) is 6.84. The topological polar surface area (TPSA) is 50.2 Å². The number of anilines is 1. The molecule has 1 aliphatic heterocycles. The Labute approximate surface area is 127 Å². The highest BCUT2D eigenvalue weighted by Gasteiger charge is 2.24. The Hall–Kier alpha value is -1.36. The summed E-state index contributed by atoms with van der Waals surface area (Å²) in [6.07, 6.45) is 6.94. The highest BCUT2D eigenvalue weighted by atomic mass is 16.1. The van der Waals surface area contributed by atoms with E-state index in [1.807, 2.05) is 20.8 Å². The molecule has 118 valence electrons. The Morgan fingerprint density at radius 1 is 1.43 bits per heavy atom. The lowest BCUT2D eigenvalue weighted by atomic mass is 10.1. The molecule has 0 spiro atoms.